The zero-order chi connectivity index (χ0) is 20.1. The van der Waals surface area contributed by atoms with Gasteiger partial charge in [-0.2, -0.15) is 0 Å². The second kappa shape index (κ2) is 9.32. The first-order valence-corrected chi connectivity index (χ1v) is 11.0. The molecule has 0 saturated heterocycles. The Balaban J connectivity index is 1.96. The number of hydrogen-bond donors (Lipinski definition) is 0. The first-order valence-electron chi connectivity index (χ1n) is 11.0. The molecule has 1 unspecified atom stereocenters. The largest absolute Gasteiger partial charge is 0.328 e. The number of anilines is 2. The number of rotatable bonds is 8. The predicted molar refractivity (Wildman–Crippen MR) is 123 cm³/mol. The number of para-hydroxylation sites is 2. The van der Waals surface area contributed by atoms with E-state index in [0.717, 1.165) is 19.5 Å². The fourth-order valence-corrected chi connectivity index (χ4v) is 4.36. The monoisotopic (exact) mass is 376 g/mol. The number of benzene rings is 2. The maximum Gasteiger partial charge on any atom is 0.0989 e. The molecule has 28 heavy (non-hydrogen) atoms. The summed E-state index contributed by atoms with van der Waals surface area (Å²) in [6.07, 6.45) is 10.3. The van der Waals surface area contributed by atoms with Crippen LogP contribution in [0.1, 0.15) is 75.1 Å². The minimum atomic E-state index is 0.573. The fraction of sp³-hybridized carbons (Fsp3) is 0.462. The fourth-order valence-electron chi connectivity index (χ4n) is 4.36. The maximum atomic E-state index is 2.47. The van der Waals surface area contributed by atoms with E-state index in [1.165, 1.54) is 52.9 Å². The van der Waals surface area contributed by atoms with Gasteiger partial charge in [0.25, 0.3) is 0 Å². The van der Waals surface area contributed by atoms with Crippen LogP contribution in [-0.2, 0) is 12.8 Å². The minimum Gasteiger partial charge on any atom is -0.328 e. The van der Waals surface area contributed by atoms with Gasteiger partial charge in [0.2, 0.25) is 0 Å². The highest BCUT2D eigenvalue weighted by Crippen LogP contribution is 2.37. The quantitative estimate of drug-likeness (QED) is 0.482. The van der Waals surface area contributed by atoms with Crippen LogP contribution >= 0.6 is 0 Å². The van der Waals surface area contributed by atoms with Crippen LogP contribution in [0.15, 0.2) is 48.8 Å². The molecule has 0 saturated carbocycles. The molecule has 0 aromatic heterocycles. The van der Waals surface area contributed by atoms with Gasteiger partial charge in [-0.3, -0.25) is 0 Å². The Morgan fingerprint density at radius 2 is 1.39 bits per heavy atom. The van der Waals surface area contributed by atoms with E-state index in [0.29, 0.717) is 5.92 Å². The van der Waals surface area contributed by atoms with Crippen molar-refractivity contribution in [2.24, 2.45) is 0 Å². The van der Waals surface area contributed by atoms with Crippen molar-refractivity contribution in [3.8, 4) is 0 Å². The molecule has 0 fully saturated rings. The van der Waals surface area contributed by atoms with Crippen LogP contribution in [0.4, 0.5) is 11.4 Å². The van der Waals surface area contributed by atoms with Crippen molar-refractivity contribution < 1.29 is 0 Å². The molecule has 2 heteroatoms. The Morgan fingerprint density at radius 3 is 2.00 bits per heavy atom. The van der Waals surface area contributed by atoms with Crippen molar-refractivity contribution in [2.75, 3.05) is 16.5 Å². The van der Waals surface area contributed by atoms with Gasteiger partial charge in [0.1, 0.15) is 0 Å². The second-order valence-corrected chi connectivity index (χ2v) is 8.13. The lowest BCUT2D eigenvalue weighted by Gasteiger charge is -2.29. The van der Waals surface area contributed by atoms with Gasteiger partial charge in [-0.15, -0.1) is 0 Å². The molecule has 1 aliphatic heterocycles. The van der Waals surface area contributed by atoms with E-state index >= 15 is 0 Å². The van der Waals surface area contributed by atoms with Crippen molar-refractivity contribution in [3.05, 3.63) is 71.1 Å². The van der Waals surface area contributed by atoms with E-state index < -0.39 is 0 Å². The Bertz CT molecular complexity index is 821. The molecular weight excluding hydrogens is 340 g/mol. The Labute approximate surface area is 171 Å². The van der Waals surface area contributed by atoms with E-state index in [4.69, 9.17) is 0 Å². The lowest BCUT2D eigenvalue weighted by Crippen LogP contribution is -2.27. The average molecular weight is 377 g/mol. The summed E-state index contributed by atoms with van der Waals surface area (Å²) in [5.41, 5.74) is 8.60. The molecule has 2 aromatic rings. The number of nitrogens with zero attached hydrogens (tertiary/aromatic N) is 2. The number of hydrogen-bond acceptors (Lipinski definition) is 2. The van der Waals surface area contributed by atoms with Gasteiger partial charge in [0, 0.05) is 23.8 Å². The van der Waals surface area contributed by atoms with Gasteiger partial charge in [0.15, 0.2) is 0 Å². The molecule has 150 valence electrons. The molecule has 0 N–H and O–H groups in total. The smallest absolute Gasteiger partial charge is 0.0989 e. The highest BCUT2D eigenvalue weighted by atomic mass is 15.3. The number of aryl methyl sites for hydroxylation is 3. The third kappa shape index (κ3) is 4.11. The Kier molecular flexibility index (Phi) is 6.83. The van der Waals surface area contributed by atoms with Crippen molar-refractivity contribution in [3.63, 3.8) is 0 Å². The topological polar surface area (TPSA) is 6.48 Å². The highest BCUT2D eigenvalue weighted by Gasteiger charge is 2.24. The summed E-state index contributed by atoms with van der Waals surface area (Å²) in [6.45, 7) is 12.3. The van der Waals surface area contributed by atoms with Crippen LogP contribution in [0.3, 0.4) is 0 Å². The van der Waals surface area contributed by atoms with E-state index in [1.807, 2.05) is 0 Å². The first kappa shape index (κ1) is 20.5. The molecule has 0 spiro atoms. The molecule has 0 radical (unpaired) electrons. The lowest BCUT2D eigenvalue weighted by atomic mass is 9.92. The van der Waals surface area contributed by atoms with Gasteiger partial charge < -0.3 is 9.80 Å². The zero-order valence-electron chi connectivity index (χ0n) is 18.3. The van der Waals surface area contributed by atoms with Crippen LogP contribution in [0.5, 0.6) is 0 Å². The molecule has 1 heterocycles. The van der Waals surface area contributed by atoms with Crippen LogP contribution in [0.2, 0.25) is 0 Å². The van der Waals surface area contributed by atoms with E-state index in [-0.39, 0.29) is 0 Å². The van der Waals surface area contributed by atoms with Crippen LogP contribution < -0.4 is 9.80 Å². The van der Waals surface area contributed by atoms with Gasteiger partial charge in [-0.25, -0.2) is 0 Å². The standard InChI is InChI=1S/C26H36N2/c1-6-11-22-14-9-13-21(5)25(22)27-17-18-28(19-27)26-23(12-7-2)15-10-16-24(26)20(4)8-3/h9-10,13-18,20H,6-8,11-12,19H2,1-5H3. The van der Waals surface area contributed by atoms with E-state index in [9.17, 15) is 0 Å². The average Bonchev–Trinajstić information content (AvgIpc) is 3.17. The van der Waals surface area contributed by atoms with E-state index in [2.05, 4.69) is 93.2 Å². The SMILES string of the molecule is CCCc1cccc(C)c1N1C=CN(c2c(CCC)cccc2C(C)CC)C1. The van der Waals surface area contributed by atoms with Crippen LogP contribution in [0.25, 0.3) is 0 Å². The third-order valence-corrected chi connectivity index (χ3v) is 5.96. The molecule has 3 rings (SSSR count). The molecule has 1 aliphatic rings. The molecule has 2 nitrogen and oxygen atoms in total. The van der Waals surface area contributed by atoms with Crippen LogP contribution in [-0.4, -0.2) is 6.67 Å². The van der Waals surface area contributed by atoms with Crippen molar-refractivity contribution >= 4 is 11.4 Å². The molecule has 0 bridgehead atoms. The molecule has 0 amide bonds. The highest BCUT2D eigenvalue weighted by molar-refractivity contribution is 5.69. The van der Waals surface area contributed by atoms with Gasteiger partial charge >= 0.3 is 0 Å². The van der Waals surface area contributed by atoms with Gasteiger partial charge in [-0.05, 0) is 54.4 Å². The first-order chi connectivity index (χ1) is 13.6. The molecule has 1 atom stereocenters. The van der Waals surface area contributed by atoms with E-state index in [1.54, 1.807) is 0 Å². The van der Waals surface area contributed by atoms with Crippen LogP contribution in [0, 0.1) is 6.92 Å². The molecule has 0 aliphatic carbocycles. The zero-order valence-corrected chi connectivity index (χ0v) is 18.3. The van der Waals surface area contributed by atoms with Crippen molar-refractivity contribution in [2.45, 2.75) is 72.6 Å². The Morgan fingerprint density at radius 1 is 0.821 bits per heavy atom. The second-order valence-electron chi connectivity index (χ2n) is 8.13. The minimum absolute atomic E-state index is 0.573. The molecular formula is C26H36N2. The predicted octanol–water partition coefficient (Wildman–Crippen LogP) is 7.17. The summed E-state index contributed by atoms with van der Waals surface area (Å²) in [5.74, 6) is 0.573. The van der Waals surface area contributed by atoms with Crippen molar-refractivity contribution in [1.82, 2.24) is 0 Å². The maximum absolute atomic E-state index is 2.47. The van der Waals surface area contributed by atoms with Gasteiger partial charge in [0.05, 0.1) is 6.67 Å². The Hall–Kier alpha value is -2.22. The molecule has 2 aromatic carbocycles. The summed E-state index contributed by atoms with van der Waals surface area (Å²) >= 11 is 0. The summed E-state index contributed by atoms with van der Waals surface area (Å²) in [5, 5.41) is 0. The summed E-state index contributed by atoms with van der Waals surface area (Å²) in [4.78, 5) is 4.90. The van der Waals surface area contributed by atoms with Crippen molar-refractivity contribution in [1.29, 1.82) is 0 Å². The summed E-state index contributed by atoms with van der Waals surface area (Å²) < 4.78 is 0. The normalized spacial score (nSPS) is 14.8. The summed E-state index contributed by atoms with van der Waals surface area (Å²) in [7, 11) is 0. The summed E-state index contributed by atoms with van der Waals surface area (Å²) in [6, 6.07) is 13.6. The lowest BCUT2D eigenvalue weighted by molar-refractivity contribution is 0.727. The third-order valence-electron chi connectivity index (χ3n) is 5.96. The van der Waals surface area contributed by atoms with Gasteiger partial charge in [-0.1, -0.05) is 76.9 Å².